The minimum absolute atomic E-state index is 0.257. The quantitative estimate of drug-likeness (QED) is 0.260. The molecule has 1 aliphatic heterocycles. The number of hydrogen-bond acceptors (Lipinski definition) is 5. The molecule has 3 aromatic carbocycles. The van der Waals surface area contributed by atoms with Crippen LogP contribution in [0, 0.1) is 0 Å². The lowest BCUT2D eigenvalue weighted by Gasteiger charge is -2.14. The summed E-state index contributed by atoms with van der Waals surface area (Å²) in [5.41, 5.74) is 2.28. The summed E-state index contributed by atoms with van der Waals surface area (Å²) in [5.74, 6) is 0.931. The van der Waals surface area contributed by atoms with Crippen molar-refractivity contribution in [3.05, 3.63) is 89.6 Å². The number of carbonyl (C=O) groups excluding carboxylic acids is 1. The molecule has 4 rings (SSSR count). The summed E-state index contributed by atoms with van der Waals surface area (Å²) in [6, 6.07) is 16.8. The number of rotatable bonds is 7. The molecule has 1 amide bonds. The van der Waals surface area contributed by atoms with Gasteiger partial charge in [-0.05, 0) is 72.3 Å². The van der Waals surface area contributed by atoms with Crippen molar-refractivity contribution in [3.63, 3.8) is 0 Å². The zero-order valence-corrected chi connectivity index (χ0v) is 23.8. The van der Waals surface area contributed by atoms with E-state index in [0.29, 0.717) is 50.5 Å². The van der Waals surface area contributed by atoms with Crippen molar-refractivity contribution in [3.8, 4) is 11.5 Å². The first kappa shape index (κ1) is 26.1. The highest BCUT2D eigenvalue weighted by atomic mass is 79.9. The van der Waals surface area contributed by atoms with Gasteiger partial charge in [0.25, 0.3) is 5.91 Å². The Morgan fingerprint density at radius 2 is 1.80 bits per heavy atom. The highest BCUT2D eigenvalue weighted by Gasteiger charge is 2.25. The largest absolute Gasteiger partial charge is 0.490 e. The van der Waals surface area contributed by atoms with Crippen LogP contribution in [0.5, 0.6) is 11.5 Å². The molecule has 10 heteroatoms. The minimum Gasteiger partial charge on any atom is -0.490 e. The van der Waals surface area contributed by atoms with Crippen molar-refractivity contribution in [2.24, 2.45) is 4.99 Å². The number of ether oxygens (including phenoxy) is 2. The van der Waals surface area contributed by atoms with Gasteiger partial charge in [0.15, 0.2) is 16.7 Å². The number of carbonyl (C=O) groups is 1. The molecule has 1 heterocycles. The monoisotopic (exact) mass is 654 g/mol. The third-order valence-electron chi connectivity index (χ3n) is 4.76. The van der Waals surface area contributed by atoms with E-state index in [1.54, 1.807) is 24.3 Å². The summed E-state index contributed by atoms with van der Waals surface area (Å²) >= 11 is 20.5. The number of benzene rings is 3. The first-order valence-corrected chi connectivity index (χ1v) is 13.6. The summed E-state index contributed by atoms with van der Waals surface area (Å²) in [7, 11) is 0. The Bertz CT molecular complexity index is 1330. The Morgan fingerprint density at radius 3 is 2.54 bits per heavy atom. The Kier molecular flexibility index (Phi) is 8.83. The molecule has 0 atom stereocenters. The number of nitrogens with zero attached hydrogens (tertiary/aromatic N) is 1. The average Bonchev–Trinajstić information content (AvgIpc) is 3.17. The van der Waals surface area contributed by atoms with E-state index in [4.69, 9.17) is 32.7 Å². The van der Waals surface area contributed by atoms with Crippen LogP contribution in [0.3, 0.4) is 0 Å². The van der Waals surface area contributed by atoms with E-state index in [1.807, 2.05) is 43.3 Å². The number of nitrogens with one attached hydrogen (secondary N) is 1. The van der Waals surface area contributed by atoms with Crippen LogP contribution < -0.4 is 14.8 Å². The maximum Gasteiger partial charge on any atom is 0.264 e. The second-order valence-electron chi connectivity index (χ2n) is 7.22. The molecule has 5 nitrogen and oxygen atoms in total. The number of hydrogen-bond donors (Lipinski definition) is 1. The molecule has 0 aromatic heterocycles. The Labute approximate surface area is 234 Å². The molecule has 0 bridgehead atoms. The fourth-order valence-corrected chi connectivity index (χ4v) is 4.96. The second-order valence-corrected chi connectivity index (χ2v) is 10.8. The molecule has 0 spiro atoms. The van der Waals surface area contributed by atoms with Crippen molar-refractivity contribution in [1.29, 1.82) is 0 Å². The minimum atomic E-state index is -0.257. The van der Waals surface area contributed by atoms with E-state index in [1.165, 1.54) is 11.8 Å². The van der Waals surface area contributed by atoms with E-state index in [-0.39, 0.29) is 5.91 Å². The molecule has 0 radical (unpaired) electrons. The van der Waals surface area contributed by atoms with Crippen LogP contribution in [-0.2, 0) is 11.4 Å². The lowest BCUT2D eigenvalue weighted by atomic mass is 10.1. The average molecular weight is 657 g/mol. The van der Waals surface area contributed by atoms with Gasteiger partial charge in [-0.1, -0.05) is 73.3 Å². The number of halogens is 4. The van der Waals surface area contributed by atoms with Gasteiger partial charge >= 0.3 is 0 Å². The third kappa shape index (κ3) is 6.62. The van der Waals surface area contributed by atoms with Crippen molar-refractivity contribution in [2.45, 2.75) is 13.5 Å². The summed E-state index contributed by atoms with van der Waals surface area (Å²) < 4.78 is 13.6. The molecule has 0 saturated carbocycles. The maximum absolute atomic E-state index is 12.6. The zero-order chi connectivity index (χ0) is 24.9. The topological polar surface area (TPSA) is 59.9 Å². The first-order valence-electron chi connectivity index (χ1n) is 10.4. The molecular formula is C25H18Br2Cl2N2O3S. The second kappa shape index (κ2) is 11.8. The summed E-state index contributed by atoms with van der Waals surface area (Å²) in [4.78, 5) is 17.5. The molecule has 1 N–H and O–H groups in total. The van der Waals surface area contributed by atoms with Gasteiger partial charge < -0.3 is 14.8 Å². The highest BCUT2D eigenvalue weighted by Crippen LogP contribution is 2.38. The third-order valence-corrected chi connectivity index (χ3v) is 7.70. The zero-order valence-electron chi connectivity index (χ0n) is 18.3. The normalized spacial score (nSPS) is 15.5. The lowest BCUT2D eigenvalue weighted by molar-refractivity contribution is -0.115. The number of aliphatic imine (C=N–C) groups is 1. The molecule has 1 fully saturated rings. The van der Waals surface area contributed by atoms with Gasteiger partial charge in [0.1, 0.15) is 6.61 Å². The van der Waals surface area contributed by atoms with Gasteiger partial charge in [-0.3, -0.25) is 4.79 Å². The standard InChI is InChI=1S/C25H18Br2Cl2N2O3S/c1-2-33-20-10-15(17(27)12-21(20)34-13-14-6-8-16(26)9-7-14)11-22-24(32)31-25(35-22)30-19-5-3-4-18(28)23(19)29/h3-12H,2,13H2,1H3,(H,30,31,32)/b22-11+. The Hall–Kier alpha value is -1.97. The van der Waals surface area contributed by atoms with Crippen LogP contribution in [0.25, 0.3) is 6.08 Å². The molecule has 35 heavy (non-hydrogen) atoms. The molecular weight excluding hydrogens is 639 g/mol. The maximum atomic E-state index is 12.6. The van der Waals surface area contributed by atoms with Crippen molar-refractivity contribution < 1.29 is 14.3 Å². The van der Waals surface area contributed by atoms with Gasteiger partial charge in [0.05, 0.1) is 27.2 Å². The van der Waals surface area contributed by atoms with Crippen molar-refractivity contribution >= 4 is 89.7 Å². The molecule has 180 valence electrons. The molecule has 1 saturated heterocycles. The fraction of sp³-hybridized carbons (Fsp3) is 0.120. The van der Waals surface area contributed by atoms with Gasteiger partial charge in [-0.25, -0.2) is 4.99 Å². The van der Waals surface area contributed by atoms with Gasteiger partial charge in [0, 0.05) is 8.95 Å². The molecule has 0 aliphatic carbocycles. The van der Waals surface area contributed by atoms with E-state index < -0.39 is 0 Å². The van der Waals surface area contributed by atoms with Crippen LogP contribution in [0.15, 0.2) is 73.4 Å². The van der Waals surface area contributed by atoms with Crippen LogP contribution in [-0.4, -0.2) is 17.7 Å². The van der Waals surface area contributed by atoms with E-state index in [9.17, 15) is 4.79 Å². The van der Waals surface area contributed by atoms with Crippen molar-refractivity contribution in [1.82, 2.24) is 5.32 Å². The van der Waals surface area contributed by atoms with E-state index in [2.05, 4.69) is 42.2 Å². The first-order chi connectivity index (χ1) is 16.8. The molecule has 3 aromatic rings. The number of thioether (sulfide) groups is 1. The summed E-state index contributed by atoms with van der Waals surface area (Å²) in [6.45, 7) is 2.77. The van der Waals surface area contributed by atoms with Crippen LogP contribution >= 0.6 is 66.8 Å². The Morgan fingerprint density at radius 1 is 1.06 bits per heavy atom. The molecule has 0 unspecified atom stereocenters. The number of amides is 1. The summed E-state index contributed by atoms with van der Waals surface area (Å²) in [6.07, 6.45) is 1.77. The predicted octanol–water partition coefficient (Wildman–Crippen LogP) is 8.39. The highest BCUT2D eigenvalue weighted by molar-refractivity contribution is 9.10. The van der Waals surface area contributed by atoms with Gasteiger partial charge in [-0.15, -0.1) is 0 Å². The van der Waals surface area contributed by atoms with Gasteiger partial charge in [0.2, 0.25) is 0 Å². The SMILES string of the molecule is CCOc1cc(/C=C2/SC(=Nc3cccc(Cl)c3Cl)NC2=O)c(Br)cc1OCc1ccc(Br)cc1. The molecule has 1 aliphatic rings. The smallest absolute Gasteiger partial charge is 0.264 e. The van der Waals surface area contributed by atoms with Crippen LogP contribution in [0.1, 0.15) is 18.1 Å². The lowest BCUT2D eigenvalue weighted by Crippen LogP contribution is -2.19. The van der Waals surface area contributed by atoms with E-state index >= 15 is 0 Å². The fourth-order valence-electron chi connectivity index (χ4n) is 3.09. The van der Waals surface area contributed by atoms with Crippen LogP contribution in [0.4, 0.5) is 5.69 Å². The van der Waals surface area contributed by atoms with E-state index in [0.717, 1.165) is 20.1 Å². The van der Waals surface area contributed by atoms with Crippen LogP contribution in [0.2, 0.25) is 10.0 Å². The van der Waals surface area contributed by atoms with Gasteiger partial charge in [-0.2, -0.15) is 0 Å². The Balaban J connectivity index is 1.57. The number of amidine groups is 1. The van der Waals surface area contributed by atoms with Crippen molar-refractivity contribution in [2.75, 3.05) is 6.61 Å². The predicted molar refractivity (Wildman–Crippen MR) is 151 cm³/mol. The summed E-state index contributed by atoms with van der Waals surface area (Å²) in [5, 5.41) is 3.91.